The number of hydrogen-bond acceptors (Lipinski definition) is 5. The summed E-state index contributed by atoms with van der Waals surface area (Å²) in [5.41, 5.74) is 1.83. The van der Waals surface area contributed by atoms with Gasteiger partial charge in [0.2, 0.25) is 5.91 Å². The number of rotatable bonds is 0. The number of hydrazine groups is 1. The van der Waals surface area contributed by atoms with E-state index in [9.17, 15) is 9.59 Å². The summed E-state index contributed by atoms with van der Waals surface area (Å²) in [5, 5.41) is 0. The molecule has 0 saturated carbocycles. The maximum Gasteiger partial charge on any atom is 0.343 e. The zero-order chi connectivity index (χ0) is 8.43. The third-order valence-electron chi connectivity index (χ3n) is 1.08. The Morgan fingerprint density at radius 1 is 1.82 bits per heavy atom. The quantitative estimate of drug-likeness (QED) is 0.232. The minimum atomic E-state index is -0.676. The summed E-state index contributed by atoms with van der Waals surface area (Å²) >= 11 is 5.86. The summed E-state index contributed by atoms with van der Waals surface area (Å²) in [7, 11) is 0. The van der Waals surface area contributed by atoms with Crippen LogP contribution in [0, 0.1) is 0 Å². The Morgan fingerprint density at radius 3 is 2.82 bits per heavy atom. The van der Waals surface area contributed by atoms with Gasteiger partial charge in [0.1, 0.15) is 0 Å². The SMILES string of the molecule is NNC(=O)N1C(=O)CSC1=S. The summed E-state index contributed by atoms with van der Waals surface area (Å²) in [6, 6.07) is -0.676. The second kappa shape index (κ2) is 3.16. The Labute approximate surface area is 72.3 Å². The lowest BCUT2D eigenvalue weighted by Gasteiger charge is -2.10. The van der Waals surface area contributed by atoms with Crippen LogP contribution in [0.1, 0.15) is 0 Å². The molecule has 1 rings (SSSR count). The molecule has 1 fully saturated rings. The van der Waals surface area contributed by atoms with Crippen molar-refractivity contribution in [1.29, 1.82) is 0 Å². The molecule has 1 heterocycles. The molecule has 0 unspecified atom stereocenters. The molecule has 7 heteroatoms. The van der Waals surface area contributed by atoms with Gasteiger partial charge >= 0.3 is 6.03 Å². The number of amides is 3. The van der Waals surface area contributed by atoms with Gasteiger partial charge in [0.05, 0.1) is 5.75 Å². The van der Waals surface area contributed by atoms with E-state index in [-0.39, 0.29) is 16.0 Å². The van der Waals surface area contributed by atoms with E-state index in [1.165, 1.54) is 0 Å². The zero-order valence-electron chi connectivity index (χ0n) is 5.36. The molecule has 60 valence electrons. The maximum absolute atomic E-state index is 10.9. The lowest BCUT2D eigenvalue weighted by Crippen LogP contribution is -2.45. The minimum Gasteiger partial charge on any atom is -0.275 e. The fourth-order valence-corrected chi connectivity index (χ4v) is 1.67. The number of nitrogens with two attached hydrogens (primary N) is 1. The van der Waals surface area contributed by atoms with Gasteiger partial charge in [0, 0.05) is 0 Å². The van der Waals surface area contributed by atoms with Gasteiger partial charge in [-0.1, -0.05) is 24.0 Å². The highest BCUT2D eigenvalue weighted by molar-refractivity contribution is 8.24. The van der Waals surface area contributed by atoms with E-state index in [1.54, 1.807) is 0 Å². The largest absolute Gasteiger partial charge is 0.343 e. The molecule has 0 spiro atoms. The monoisotopic (exact) mass is 191 g/mol. The predicted molar refractivity (Wildman–Crippen MR) is 44.6 cm³/mol. The fraction of sp³-hybridized carbons (Fsp3) is 0.250. The van der Waals surface area contributed by atoms with Crippen LogP contribution in [0.25, 0.3) is 0 Å². The molecule has 0 bridgehead atoms. The van der Waals surface area contributed by atoms with Crippen LogP contribution in [0.5, 0.6) is 0 Å². The van der Waals surface area contributed by atoms with Crippen LogP contribution < -0.4 is 11.3 Å². The van der Waals surface area contributed by atoms with Crippen molar-refractivity contribution in [2.24, 2.45) is 5.84 Å². The van der Waals surface area contributed by atoms with Crippen LogP contribution in [-0.4, -0.2) is 26.9 Å². The summed E-state index contributed by atoms with van der Waals surface area (Å²) in [5.74, 6) is 4.70. The molecule has 0 aromatic rings. The first-order valence-corrected chi connectivity index (χ1v) is 4.06. The third-order valence-corrected chi connectivity index (χ3v) is 2.43. The number of thioether (sulfide) groups is 1. The average Bonchev–Trinajstić information content (AvgIpc) is 2.30. The van der Waals surface area contributed by atoms with E-state index in [0.717, 1.165) is 16.7 Å². The highest BCUT2D eigenvalue weighted by atomic mass is 32.2. The number of imide groups is 1. The predicted octanol–water partition coefficient (Wildman–Crippen LogP) is -0.570. The number of thiocarbonyl (C=S) groups is 1. The van der Waals surface area contributed by atoms with E-state index in [1.807, 2.05) is 5.43 Å². The van der Waals surface area contributed by atoms with Crippen molar-refractivity contribution >= 4 is 40.2 Å². The maximum atomic E-state index is 10.9. The van der Waals surface area contributed by atoms with Gasteiger partial charge in [-0.15, -0.1) is 0 Å². The number of nitrogens with zero attached hydrogens (tertiary/aromatic N) is 1. The van der Waals surface area contributed by atoms with Crippen molar-refractivity contribution in [2.75, 3.05) is 5.75 Å². The zero-order valence-corrected chi connectivity index (χ0v) is 7.00. The number of nitrogens with one attached hydrogen (secondary N) is 1. The molecule has 3 N–H and O–H groups in total. The minimum absolute atomic E-state index is 0.215. The van der Waals surface area contributed by atoms with Gasteiger partial charge in [-0.25, -0.2) is 15.5 Å². The number of urea groups is 1. The highest BCUT2D eigenvalue weighted by Gasteiger charge is 2.31. The second-order valence-electron chi connectivity index (χ2n) is 1.73. The van der Waals surface area contributed by atoms with Crippen LogP contribution in [0.15, 0.2) is 0 Å². The smallest absolute Gasteiger partial charge is 0.275 e. The average molecular weight is 191 g/mol. The fourth-order valence-electron chi connectivity index (χ4n) is 0.615. The summed E-state index contributed by atoms with van der Waals surface area (Å²) in [6.07, 6.45) is 0. The van der Waals surface area contributed by atoms with E-state index in [2.05, 4.69) is 0 Å². The summed E-state index contributed by atoms with van der Waals surface area (Å²) in [4.78, 5) is 22.5. The normalized spacial score (nSPS) is 17.4. The van der Waals surface area contributed by atoms with Gasteiger partial charge in [0.25, 0.3) is 0 Å². The van der Waals surface area contributed by atoms with Gasteiger partial charge in [-0.2, -0.15) is 0 Å². The molecule has 0 atom stereocenters. The standard InChI is InChI=1S/C4H5N3O2S2/c5-6-3(9)7-2(8)1-11-4(7)10/h1,5H2,(H,6,9). The van der Waals surface area contributed by atoms with Crippen LogP contribution in [0.3, 0.4) is 0 Å². The molecule has 1 aliphatic rings. The molecular formula is C4H5N3O2S2. The molecule has 0 aromatic heterocycles. The summed E-state index contributed by atoms with van der Waals surface area (Å²) in [6.45, 7) is 0. The van der Waals surface area contributed by atoms with Crippen molar-refractivity contribution in [1.82, 2.24) is 10.3 Å². The van der Waals surface area contributed by atoms with Crippen molar-refractivity contribution in [2.45, 2.75) is 0 Å². The van der Waals surface area contributed by atoms with Crippen molar-refractivity contribution in [3.8, 4) is 0 Å². The Balaban J connectivity index is 2.76. The molecular weight excluding hydrogens is 186 g/mol. The Bertz CT molecular complexity index is 213. The molecule has 3 amide bonds. The van der Waals surface area contributed by atoms with Gasteiger partial charge in [-0.05, 0) is 0 Å². The first-order valence-electron chi connectivity index (χ1n) is 2.67. The Hall–Kier alpha value is -0.660. The number of carbonyl (C=O) groups is 2. The van der Waals surface area contributed by atoms with Crippen molar-refractivity contribution in [3.05, 3.63) is 0 Å². The van der Waals surface area contributed by atoms with E-state index in [0.29, 0.717) is 0 Å². The van der Waals surface area contributed by atoms with Crippen LogP contribution in [0.4, 0.5) is 4.79 Å². The number of hydrogen-bond donors (Lipinski definition) is 2. The van der Waals surface area contributed by atoms with Gasteiger partial charge in [-0.3, -0.25) is 10.2 Å². The number of carbonyl (C=O) groups excluding carboxylic acids is 2. The second-order valence-corrected chi connectivity index (χ2v) is 3.34. The van der Waals surface area contributed by atoms with Crippen LogP contribution >= 0.6 is 24.0 Å². The first kappa shape index (κ1) is 8.44. The summed E-state index contributed by atoms with van der Waals surface area (Å²) < 4.78 is 0.248. The topological polar surface area (TPSA) is 75.4 Å². The molecule has 5 nitrogen and oxygen atoms in total. The van der Waals surface area contributed by atoms with E-state index in [4.69, 9.17) is 18.1 Å². The van der Waals surface area contributed by atoms with Crippen molar-refractivity contribution < 1.29 is 9.59 Å². The van der Waals surface area contributed by atoms with Gasteiger partial charge < -0.3 is 0 Å². The Morgan fingerprint density at radius 2 is 2.45 bits per heavy atom. The molecule has 1 saturated heterocycles. The van der Waals surface area contributed by atoms with Crippen LogP contribution in [0.2, 0.25) is 0 Å². The third kappa shape index (κ3) is 1.50. The van der Waals surface area contributed by atoms with Crippen molar-refractivity contribution in [3.63, 3.8) is 0 Å². The van der Waals surface area contributed by atoms with Crippen LogP contribution in [-0.2, 0) is 4.79 Å². The molecule has 1 aliphatic heterocycles. The highest BCUT2D eigenvalue weighted by Crippen LogP contribution is 2.18. The van der Waals surface area contributed by atoms with Gasteiger partial charge in [0.15, 0.2) is 4.32 Å². The van der Waals surface area contributed by atoms with E-state index >= 15 is 0 Å². The van der Waals surface area contributed by atoms with E-state index < -0.39 is 6.03 Å². The first-order chi connectivity index (χ1) is 5.16. The molecule has 0 radical (unpaired) electrons. The lowest BCUT2D eigenvalue weighted by atomic mass is 10.6. The lowest BCUT2D eigenvalue weighted by molar-refractivity contribution is -0.122. The molecule has 0 aromatic carbocycles. The molecule has 0 aliphatic carbocycles. The Kier molecular flexibility index (Phi) is 2.42. The molecule has 11 heavy (non-hydrogen) atoms.